The minimum absolute atomic E-state index is 0.150. The van der Waals surface area contributed by atoms with E-state index in [-0.39, 0.29) is 17.2 Å². The van der Waals surface area contributed by atoms with Gasteiger partial charge < -0.3 is 15.0 Å². The lowest BCUT2D eigenvalue weighted by Crippen LogP contribution is -2.38. The molecule has 12 heteroatoms. The first-order valence-corrected chi connectivity index (χ1v) is 13.0. The van der Waals surface area contributed by atoms with E-state index in [1.54, 1.807) is 36.4 Å². The highest BCUT2D eigenvalue weighted by Crippen LogP contribution is 2.45. The van der Waals surface area contributed by atoms with Gasteiger partial charge in [-0.1, -0.05) is 36.7 Å². The third kappa shape index (κ3) is 4.56. The molecule has 0 spiro atoms. The number of fused-ring (bicyclic) bond motifs is 2. The summed E-state index contributed by atoms with van der Waals surface area (Å²) in [6, 6.07) is 10.2. The van der Waals surface area contributed by atoms with E-state index in [2.05, 4.69) is 27.3 Å². The molecule has 0 saturated heterocycles. The van der Waals surface area contributed by atoms with Gasteiger partial charge in [-0.2, -0.15) is 5.10 Å². The Hall–Kier alpha value is -3.44. The molecule has 2 aromatic carbocycles. The van der Waals surface area contributed by atoms with Crippen molar-refractivity contribution >= 4 is 50.0 Å². The number of carbonyl (C=O) groups excluding carboxylic acids is 1. The molecule has 1 fully saturated rings. The molecule has 1 aliphatic carbocycles. The van der Waals surface area contributed by atoms with Crippen molar-refractivity contribution in [2.24, 2.45) is 5.41 Å². The lowest BCUT2D eigenvalue weighted by atomic mass is 10.1. The zero-order valence-electron chi connectivity index (χ0n) is 19.6. The fourth-order valence-electron chi connectivity index (χ4n) is 4.02. The highest BCUT2D eigenvalue weighted by atomic mass is 35.5. The van der Waals surface area contributed by atoms with Gasteiger partial charge >= 0.3 is 0 Å². The molecule has 36 heavy (non-hydrogen) atoms. The predicted octanol–water partition coefficient (Wildman–Crippen LogP) is 2.55. The van der Waals surface area contributed by atoms with E-state index >= 15 is 0 Å². The number of nitrogens with zero attached hydrogens (tertiary/aromatic N) is 3. The van der Waals surface area contributed by atoms with Gasteiger partial charge in [-0.3, -0.25) is 9.59 Å². The van der Waals surface area contributed by atoms with Crippen LogP contribution in [0.4, 0.5) is 0 Å². The Labute approximate surface area is 212 Å². The topological polar surface area (TPSA) is 136 Å². The SMILES string of the molecule is CNC(=O)C(n1nc(Cc2nc3cc(OCC4(C)CC4)c(Cl)cc3[nH]2)c2ccccc2c1=O)[SH](=O)=O. The summed E-state index contributed by atoms with van der Waals surface area (Å²) >= 11 is 6.43. The van der Waals surface area contributed by atoms with E-state index in [0.717, 1.165) is 12.8 Å². The van der Waals surface area contributed by atoms with E-state index < -0.39 is 27.5 Å². The van der Waals surface area contributed by atoms with Crippen LogP contribution in [0.2, 0.25) is 5.02 Å². The Balaban J connectivity index is 1.55. The summed E-state index contributed by atoms with van der Waals surface area (Å²) in [5.41, 5.74) is 1.26. The van der Waals surface area contributed by atoms with Crippen LogP contribution in [0.25, 0.3) is 21.8 Å². The van der Waals surface area contributed by atoms with Crippen LogP contribution in [-0.4, -0.2) is 47.7 Å². The summed E-state index contributed by atoms with van der Waals surface area (Å²) in [5.74, 6) is 0.228. The highest BCUT2D eigenvalue weighted by Gasteiger charge is 2.38. The van der Waals surface area contributed by atoms with Gasteiger partial charge in [0.15, 0.2) is 10.7 Å². The normalized spacial score (nSPS) is 15.3. The minimum atomic E-state index is -3.32. The molecule has 10 nitrogen and oxygen atoms in total. The first kappa shape index (κ1) is 24.3. The molecular weight excluding hydrogens is 506 g/mol. The third-order valence-corrected chi connectivity index (χ3v) is 7.56. The largest absolute Gasteiger partial charge is 0.491 e. The Morgan fingerprint density at radius 3 is 2.67 bits per heavy atom. The number of ether oxygens (including phenoxy) is 1. The van der Waals surface area contributed by atoms with Gasteiger partial charge in [0.2, 0.25) is 5.37 Å². The number of hydrogen-bond donors (Lipinski definition) is 3. The molecule has 4 aromatic rings. The zero-order valence-corrected chi connectivity index (χ0v) is 21.2. The number of halogens is 1. The van der Waals surface area contributed by atoms with Gasteiger partial charge in [-0.05, 0) is 25.0 Å². The second kappa shape index (κ2) is 9.21. The quantitative estimate of drug-likeness (QED) is 0.298. The number of imidazole rings is 1. The van der Waals surface area contributed by atoms with Gasteiger partial charge in [-0.25, -0.2) is 18.1 Å². The lowest BCUT2D eigenvalue weighted by Gasteiger charge is -2.14. The Kier molecular flexibility index (Phi) is 6.21. The van der Waals surface area contributed by atoms with E-state index in [0.29, 0.717) is 50.0 Å². The predicted molar refractivity (Wildman–Crippen MR) is 136 cm³/mol. The van der Waals surface area contributed by atoms with E-state index in [4.69, 9.17) is 16.3 Å². The van der Waals surface area contributed by atoms with Crippen molar-refractivity contribution in [3.63, 3.8) is 0 Å². The molecule has 1 atom stereocenters. The fourth-order valence-corrected chi connectivity index (χ4v) is 4.90. The van der Waals surface area contributed by atoms with Crippen molar-refractivity contribution in [3.05, 3.63) is 63.3 Å². The van der Waals surface area contributed by atoms with Crippen LogP contribution in [-0.2, 0) is 21.9 Å². The maximum absolute atomic E-state index is 13.1. The maximum Gasteiger partial charge on any atom is 0.276 e. The standard InChI is InChI=1S/C24H24ClN5O5S/c1-24(7-8-24)12-35-19-10-18-17(9-15(19)25)27-20(28-18)11-16-13-5-3-4-6-14(13)22(32)30(29-16)23(36(33)34)21(31)26-2/h3-6,9-10,23,36H,7-8,11-12H2,1-2H3,(H,26,31)(H,27,28). The monoisotopic (exact) mass is 529 g/mol. The number of amides is 1. The van der Waals surface area contributed by atoms with Gasteiger partial charge in [0, 0.05) is 23.9 Å². The van der Waals surface area contributed by atoms with Crippen LogP contribution in [0.5, 0.6) is 5.75 Å². The molecule has 0 bridgehead atoms. The van der Waals surface area contributed by atoms with Crippen LogP contribution in [0.3, 0.4) is 0 Å². The molecule has 5 rings (SSSR count). The van der Waals surface area contributed by atoms with Crippen molar-refractivity contribution in [1.82, 2.24) is 25.1 Å². The second-order valence-corrected chi connectivity index (χ2v) is 10.7. The summed E-state index contributed by atoms with van der Waals surface area (Å²) in [6.07, 6.45) is 2.41. The molecular formula is C24H24ClN5O5S. The summed E-state index contributed by atoms with van der Waals surface area (Å²) in [6.45, 7) is 2.75. The molecule has 0 radical (unpaired) electrons. The van der Waals surface area contributed by atoms with E-state index in [1.807, 2.05) is 0 Å². The van der Waals surface area contributed by atoms with Crippen LogP contribution in [0, 0.1) is 5.41 Å². The maximum atomic E-state index is 13.1. The number of carbonyl (C=O) groups is 1. The van der Waals surface area contributed by atoms with Crippen molar-refractivity contribution in [3.8, 4) is 5.75 Å². The van der Waals surface area contributed by atoms with Crippen LogP contribution < -0.4 is 15.6 Å². The highest BCUT2D eigenvalue weighted by molar-refractivity contribution is 7.73. The van der Waals surface area contributed by atoms with Crippen molar-refractivity contribution in [2.45, 2.75) is 31.6 Å². The van der Waals surface area contributed by atoms with Crippen LogP contribution in [0.1, 0.15) is 36.7 Å². The Morgan fingerprint density at radius 2 is 2.00 bits per heavy atom. The van der Waals surface area contributed by atoms with Gasteiger partial charge in [0.05, 0.1) is 40.2 Å². The number of H-pyrrole nitrogens is 1. The van der Waals surface area contributed by atoms with Crippen LogP contribution in [0.15, 0.2) is 41.2 Å². The smallest absolute Gasteiger partial charge is 0.276 e. The summed E-state index contributed by atoms with van der Waals surface area (Å²) in [5, 5.41) is 6.05. The fraction of sp³-hybridized carbons (Fsp3) is 0.333. The zero-order chi connectivity index (χ0) is 25.6. The van der Waals surface area contributed by atoms with Crippen LogP contribution >= 0.6 is 11.6 Å². The molecule has 2 heterocycles. The van der Waals surface area contributed by atoms with Gasteiger partial charge in [0.1, 0.15) is 11.6 Å². The molecule has 1 amide bonds. The summed E-state index contributed by atoms with van der Waals surface area (Å²) < 4.78 is 30.4. The molecule has 1 saturated carbocycles. The average molecular weight is 530 g/mol. The van der Waals surface area contributed by atoms with Gasteiger partial charge in [-0.15, -0.1) is 0 Å². The molecule has 1 aliphatic rings. The third-order valence-electron chi connectivity index (χ3n) is 6.42. The molecule has 0 aliphatic heterocycles. The van der Waals surface area contributed by atoms with E-state index in [9.17, 15) is 18.0 Å². The summed E-state index contributed by atoms with van der Waals surface area (Å²) in [4.78, 5) is 33.2. The number of nitrogens with one attached hydrogen (secondary N) is 2. The molecule has 188 valence electrons. The lowest BCUT2D eigenvalue weighted by molar-refractivity contribution is -0.121. The number of thiol groups is 1. The number of aromatic amines is 1. The first-order valence-electron chi connectivity index (χ1n) is 11.4. The van der Waals surface area contributed by atoms with Crippen molar-refractivity contribution in [2.75, 3.05) is 13.7 Å². The number of hydrogen-bond acceptors (Lipinski definition) is 7. The number of benzene rings is 2. The van der Waals surface area contributed by atoms with E-state index in [1.165, 1.54) is 7.05 Å². The Bertz CT molecular complexity index is 1630. The second-order valence-electron chi connectivity index (χ2n) is 9.27. The van der Waals surface area contributed by atoms with Gasteiger partial charge in [0.25, 0.3) is 11.5 Å². The molecule has 1 unspecified atom stereocenters. The number of likely N-dealkylation sites (N-methyl/N-ethyl adjacent to an activating group) is 1. The summed E-state index contributed by atoms with van der Waals surface area (Å²) in [7, 11) is -2.03. The Morgan fingerprint density at radius 1 is 1.28 bits per heavy atom. The average Bonchev–Trinajstić information content (AvgIpc) is 3.46. The minimum Gasteiger partial charge on any atom is -0.491 e. The molecule has 2 N–H and O–H groups in total. The number of aromatic nitrogens is 4. The first-order chi connectivity index (χ1) is 17.2. The number of rotatable bonds is 8. The molecule has 2 aromatic heterocycles. The van der Waals surface area contributed by atoms with Crippen molar-refractivity contribution in [1.29, 1.82) is 0 Å². The van der Waals surface area contributed by atoms with Crippen molar-refractivity contribution < 1.29 is 17.9 Å².